The minimum absolute atomic E-state index is 0.643. The first kappa shape index (κ1) is 18.8. The smallest absolute Gasteiger partial charge is 0.182 e. The van der Waals surface area contributed by atoms with Crippen molar-refractivity contribution in [1.82, 2.24) is 29.6 Å². The van der Waals surface area contributed by atoms with Crippen molar-refractivity contribution in [2.45, 2.75) is 39.2 Å². The van der Waals surface area contributed by atoms with Crippen LogP contribution in [0.5, 0.6) is 0 Å². The van der Waals surface area contributed by atoms with Crippen molar-refractivity contribution < 1.29 is 0 Å². The molecule has 1 aliphatic rings. The van der Waals surface area contributed by atoms with Crippen molar-refractivity contribution in [2.24, 2.45) is 7.05 Å². The average molecular weight is 380 g/mol. The average Bonchev–Trinajstić information content (AvgIpc) is 3.01. The number of nitrogens with zero attached hydrogens (tertiary/aromatic N) is 7. The van der Waals surface area contributed by atoms with Crippen LogP contribution < -0.4 is 4.90 Å². The number of pyridine rings is 1. The van der Waals surface area contributed by atoms with Crippen LogP contribution in [-0.4, -0.2) is 62.4 Å². The summed E-state index contributed by atoms with van der Waals surface area (Å²) in [6, 6.07) is 6.48. The van der Waals surface area contributed by atoms with E-state index in [-0.39, 0.29) is 0 Å². The number of aromatic nitrogens is 5. The van der Waals surface area contributed by atoms with Gasteiger partial charge in [-0.1, -0.05) is 12.5 Å². The van der Waals surface area contributed by atoms with E-state index in [1.165, 1.54) is 25.8 Å². The molecule has 4 rings (SSSR count). The predicted molar refractivity (Wildman–Crippen MR) is 112 cm³/mol. The van der Waals surface area contributed by atoms with Crippen LogP contribution in [0.15, 0.2) is 24.4 Å². The number of likely N-dealkylation sites (N-methyl/N-ethyl adjacent to an activating group) is 1. The normalized spacial score (nSPS) is 17.9. The Morgan fingerprint density at radius 1 is 1.21 bits per heavy atom. The summed E-state index contributed by atoms with van der Waals surface area (Å²) in [7, 11) is 4.05. The molecule has 0 saturated carbocycles. The second-order valence-electron chi connectivity index (χ2n) is 7.80. The molecule has 1 saturated heterocycles. The van der Waals surface area contributed by atoms with Gasteiger partial charge in [0, 0.05) is 39.4 Å². The van der Waals surface area contributed by atoms with Crippen molar-refractivity contribution in [3.05, 3.63) is 30.1 Å². The summed E-state index contributed by atoms with van der Waals surface area (Å²) in [5.74, 6) is 1.57. The van der Waals surface area contributed by atoms with Gasteiger partial charge >= 0.3 is 0 Å². The van der Waals surface area contributed by atoms with E-state index in [1.54, 1.807) is 6.20 Å². The van der Waals surface area contributed by atoms with Gasteiger partial charge in [0.2, 0.25) is 0 Å². The van der Waals surface area contributed by atoms with Crippen molar-refractivity contribution in [3.8, 4) is 11.5 Å². The fourth-order valence-corrected chi connectivity index (χ4v) is 4.08. The lowest BCUT2D eigenvalue weighted by Crippen LogP contribution is -2.42. The van der Waals surface area contributed by atoms with E-state index in [0.29, 0.717) is 11.9 Å². The van der Waals surface area contributed by atoms with Gasteiger partial charge in [-0.2, -0.15) is 5.10 Å². The monoisotopic (exact) mass is 379 g/mol. The molecule has 0 N–H and O–H groups in total. The molecule has 1 atom stereocenters. The molecule has 0 aliphatic carbocycles. The van der Waals surface area contributed by atoms with Gasteiger partial charge in [-0.25, -0.2) is 9.97 Å². The molecule has 28 heavy (non-hydrogen) atoms. The van der Waals surface area contributed by atoms with Crippen LogP contribution in [0.1, 0.15) is 31.9 Å². The highest BCUT2D eigenvalue weighted by molar-refractivity contribution is 5.91. The zero-order valence-electron chi connectivity index (χ0n) is 17.3. The topological polar surface area (TPSA) is 63.0 Å². The Kier molecular flexibility index (Phi) is 5.26. The molecule has 0 radical (unpaired) electrons. The van der Waals surface area contributed by atoms with Crippen LogP contribution in [0.25, 0.3) is 22.6 Å². The number of anilines is 1. The highest BCUT2D eigenvalue weighted by Gasteiger charge is 2.21. The van der Waals surface area contributed by atoms with Gasteiger partial charge in [0.1, 0.15) is 11.5 Å². The third-order valence-electron chi connectivity index (χ3n) is 5.76. The fraction of sp³-hybridized carbons (Fsp3) is 0.524. The first-order valence-corrected chi connectivity index (χ1v) is 10.1. The van der Waals surface area contributed by atoms with E-state index in [4.69, 9.17) is 9.97 Å². The Balaban J connectivity index is 1.68. The molecule has 7 heteroatoms. The molecule has 0 bridgehead atoms. The molecule has 148 valence electrons. The Morgan fingerprint density at radius 3 is 2.82 bits per heavy atom. The molecular formula is C21H29N7. The summed E-state index contributed by atoms with van der Waals surface area (Å²) in [6.07, 6.45) is 5.73. The number of piperidine rings is 1. The van der Waals surface area contributed by atoms with Crippen LogP contribution in [-0.2, 0) is 7.05 Å². The molecule has 1 fully saturated rings. The first-order valence-electron chi connectivity index (χ1n) is 10.1. The van der Waals surface area contributed by atoms with Crippen LogP contribution in [0.4, 0.5) is 5.82 Å². The lowest BCUT2D eigenvalue weighted by Gasteiger charge is -2.34. The van der Waals surface area contributed by atoms with Gasteiger partial charge in [-0.05, 0) is 45.4 Å². The molecule has 7 nitrogen and oxygen atoms in total. The summed E-state index contributed by atoms with van der Waals surface area (Å²) in [4.78, 5) is 18.9. The van der Waals surface area contributed by atoms with Crippen LogP contribution >= 0.6 is 0 Å². The van der Waals surface area contributed by atoms with Gasteiger partial charge in [0.25, 0.3) is 0 Å². The SMILES string of the molecule is Cc1nn(C)c2nc(-c3ccccn3)nc(N(C)CCN3CCCC[C@H]3C)c12. The van der Waals surface area contributed by atoms with Crippen molar-refractivity contribution in [1.29, 1.82) is 0 Å². The van der Waals surface area contributed by atoms with E-state index in [9.17, 15) is 0 Å². The highest BCUT2D eigenvalue weighted by atomic mass is 15.3. The van der Waals surface area contributed by atoms with Gasteiger partial charge in [0.15, 0.2) is 11.5 Å². The summed E-state index contributed by atoms with van der Waals surface area (Å²) in [6.45, 7) is 7.52. The Labute approximate surface area is 166 Å². The minimum Gasteiger partial charge on any atom is -0.358 e. The van der Waals surface area contributed by atoms with Crippen molar-refractivity contribution >= 4 is 16.9 Å². The maximum Gasteiger partial charge on any atom is 0.182 e. The third kappa shape index (κ3) is 3.58. The van der Waals surface area contributed by atoms with Crippen molar-refractivity contribution in [2.75, 3.05) is 31.6 Å². The molecule has 0 aromatic carbocycles. The van der Waals surface area contributed by atoms with E-state index in [2.05, 4.69) is 33.9 Å². The van der Waals surface area contributed by atoms with E-state index >= 15 is 0 Å². The number of rotatable bonds is 5. The molecule has 3 aromatic rings. The number of fused-ring (bicyclic) bond motifs is 1. The van der Waals surface area contributed by atoms with Gasteiger partial charge in [-0.3, -0.25) is 14.6 Å². The number of hydrogen-bond donors (Lipinski definition) is 0. The van der Waals surface area contributed by atoms with Gasteiger partial charge < -0.3 is 4.90 Å². The minimum atomic E-state index is 0.643. The quantitative estimate of drug-likeness (QED) is 0.679. The van der Waals surface area contributed by atoms with Crippen molar-refractivity contribution in [3.63, 3.8) is 0 Å². The second-order valence-corrected chi connectivity index (χ2v) is 7.80. The molecule has 3 aromatic heterocycles. The maximum absolute atomic E-state index is 4.91. The highest BCUT2D eigenvalue weighted by Crippen LogP contribution is 2.28. The Bertz CT molecular complexity index is 950. The summed E-state index contributed by atoms with van der Waals surface area (Å²) in [5, 5.41) is 5.61. The molecule has 4 heterocycles. The third-order valence-corrected chi connectivity index (χ3v) is 5.76. The number of likely N-dealkylation sites (tertiary alicyclic amines) is 1. The summed E-state index contributed by atoms with van der Waals surface area (Å²) >= 11 is 0. The first-order chi connectivity index (χ1) is 13.5. The molecule has 0 spiro atoms. The zero-order chi connectivity index (χ0) is 19.7. The Hall–Kier alpha value is -2.54. The summed E-state index contributed by atoms with van der Waals surface area (Å²) in [5.41, 5.74) is 2.59. The Morgan fingerprint density at radius 2 is 2.07 bits per heavy atom. The lowest BCUT2D eigenvalue weighted by molar-refractivity contribution is 0.165. The number of aryl methyl sites for hydroxylation is 2. The number of hydrogen-bond acceptors (Lipinski definition) is 6. The molecule has 0 unspecified atom stereocenters. The maximum atomic E-state index is 4.91. The standard InChI is InChI=1S/C21H29N7/c1-15-9-6-8-12-28(15)14-13-26(3)20-18-16(2)25-27(4)21(18)24-19(23-20)17-10-5-7-11-22-17/h5,7,10-11,15H,6,8-9,12-14H2,1-4H3/t15-/m1/s1. The van der Waals surface area contributed by atoms with Crippen LogP contribution in [0, 0.1) is 6.92 Å². The van der Waals surface area contributed by atoms with Crippen LogP contribution in [0.3, 0.4) is 0 Å². The van der Waals surface area contributed by atoms with Gasteiger partial charge in [0.05, 0.1) is 11.1 Å². The molecular weight excluding hydrogens is 350 g/mol. The predicted octanol–water partition coefficient (Wildman–Crippen LogP) is 3.04. The largest absolute Gasteiger partial charge is 0.358 e. The van der Waals surface area contributed by atoms with E-state index < -0.39 is 0 Å². The molecule has 0 amide bonds. The van der Waals surface area contributed by atoms with E-state index in [1.807, 2.05) is 36.9 Å². The second kappa shape index (κ2) is 7.83. The fourth-order valence-electron chi connectivity index (χ4n) is 4.08. The molecule has 1 aliphatic heterocycles. The van der Waals surface area contributed by atoms with Gasteiger partial charge in [-0.15, -0.1) is 0 Å². The summed E-state index contributed by atoms with van der Waals surface area (Å²) < 4.78 is 1.84. The zero-order valence-corrected chi connectivity index (χ0v) is 17.3. The van der Waals surface area contributed by atoms with Crippen LogP contribution in [0.2, 0.25) is 0 Å². The lowest BCUT2D eigenvalue weighted by atomic mass is 10.0. The van der Waals surface area contributed by atoms with E-state index in [0.717, 1.165) is 41.3 Å².